The van der Waals surface area contributed by atoms with Gasteiger partial charge in [-0.15, -0.1) is 0 Å². The second-order valence-corrected chi connectivity index (χ2v) is 7.45. The van der Waals surface area contributed by atoms with Crippen LogP contribution in [0.5, 0.6) is 0 Å². The first-order valence-corrected chi connectivity index (χ1v) is 8.79. The Balaban J connectivity index is 2.31. The Kier molecular flexibility index (Phi) is 5.84. The van der Waals surface area contributed by atoms with Gasteiger partial charge >= 0.3 is 5.97 Å². The van der Waals surface area contributed by atoms with Gasteiger partial charge in [0.25, 0.3) is 0 Å². The number of ether oxygens (including phenoxy) is 1. The fourth-order valence-corrected chi connectivity index (χ4v) is 2.77. The monoisotopic (exact) mass is 336 g/mol. The van der Waals surface area contributed by atoms with Crippen molar-refractivity contribution in [3.05, 3.63) is 70.3 Å². The van der Waals surface area contributed by atoms with E-state index in [1.807, 2.05) is 31.2 Å². The van der Waals surface area contributed by atoms with E-state index in [0.29, 0.717) is 12.2 Å². The topological polar surface area (TPSA) is 26.3 Å². The zero-order valence-corrected chi connectivity index (χ0v) is 16.1. The summed E-state index contributed by atoms with van der Waals surface area (Å²) >= 11 is 0. The van der Waals surface area contributed by atoms with E-state index in [0.717, 1.165) is 5.56 Å². The van der Waals surface area contributed by atoms with Gasteiger partial charge in [0.2, 0.25) is 0 Å². The molecule has 0 heterocycles. The largest absolute Gasteiger partial charge is 0.462 e. The summed E-state index contributed by atoms with van der Waals surface area (Å²) in [7, 11) is 0. The average molecular weight is 336 g/mol. The fourth-order valence-electron chi connectivity index (χ4n) is 2.77. The van der Waals surface area contributed by atoms with Crippen molar-refractivity contribution in [2.75, 3.05) is 6.61 Å². The molecular weight excluding hydrogens is 308 g/mol. The molecule has 2 aromatic carbocycles. The van der Waals surface area contributed by atoms with Crippen LogP contribution in [0, 0.1) is 6.92 Å². The Bertz CT molecular complexity index is 775. The number of rotatable bonds is 4. The van der Waals surface area contributed by atoms with Crippen molar-refractivity contribution in [2.45, 2.75) is 47.0 Å². The molecule has 2 aromatic rings. The molecule has 0 saturated carbocycles. The van der Waals surface area contributed by atoms with Crippen molar-refractivity contribution in [3.8, 4) is 0 Å². The van der Waals surface area contributed by atoms with E-state index in [4.69, 9.17) is 4.74 Å². The molecule has 0 aliphatic carbocycles. The highest BCUT2D eigenvalue weighted by atomic mass is 16.5. The van der Waals surface area contributed by atoms with Crippen molar-refractivity contribution < 1.29 is 9.53 Å². The summed E-state index contributed by atoms with van der Waals surface area (Å²) in [6, 6.07) is 14.2. The highest BCUT2D eigenvalue weighted by Gasteiger charge is 2.15. The SMILES string of the molecule is CCOC(=O)c1ccc(C=C(C)c2cc(C(C)(C)C)ccc2C)cc1. The van der Waals surface area contributed by atoms with E-state index in [-0.39, 0.29) is 11.4 Å². The predicted octanol–water partition coefficient (Wildman–Crippen LogP) is 6.03. The van der Waals surface area contributed by atoms with E-state index < -0.39 is 0 Å². The quantitative estimate of drug-likeness (QED) is 0.503. The smallest absolute Gasteiger partial charge is 0.338 e. The van der Waals surface area contributed by atoms with Crippen LogP contribution in [0.1, 0.15) is 67.2 Å². The van der Waals surface area contributed by atoms with E-state index in [1.54, 1.807) is 0 Å². The molecule has 132 valence electrons. The van der Waals surface area contributed by atoms with E-state index in [2.05, 4.69) is 58.9 Å². The molecular formula is C23H28O2. The minimum absolute atomic E-state index is 0.129. The van der Waals surface area contributed by atoms with Gasteiger partial charge in [0.15, 0.2) is 0 Å². The van der Waals surface area contributed by atoms with Gasteiger partial charge in [0, 0.05) is 0 Å². The van der Waals surface area contributed by atoms with Crippen molar-refractivity contribution in [3.63, 3.8) is 0 Å². The molecule has 0 radical (unpaired) electrons. The summed E-state index contributed by atoms with van der Waals surface area (Å²) < 4.78 is 5.02. The summed E-state index contributed by atoms with van der Waals surface area (Å²) in [6.45, 7) is 13.2. The highest BCUT2D eigenvalue weighted by Crippen LogP contribution is 2.28. The number of hydrogen-bond acceptors (Lipinski definition) is 2. The maximum Gasteiger partial charge on any atom is 0.338 e. The number of carbonyl (C=O) groups is 1. The van der Waals surface area contributed by atoms with E-state index in [9.17, 15) is 4.79 Å². The van der Waals surface area contributed by atoms with Crippen LogP contribution < -0.4 is 0 Å². The minimum Gasteiger partial charge on any atom is -0.462 e. The standard InChI is InChI=1S/C23H28O2/c1-7-25-22(24)19-11-9-18(10-12-19)14-17(3)21-15-20(23(4,5)6)13-8-16(21)2/h8-15H,7H2,1-6H3. The van der Waals surface area contributed by atoms with Crippen LogP contribution in [-0.2, 0) is 10.2 Å². The molecule has 0 N–H and O–H groups in total. The lowest BCUT2D eigenvalue weighted by atomic mass is 9.84. The second kappa shape index (κ2) is 7.69. The third-order valence-electron chi connectivity index (χ3n) is 4.33. The molecule has 0 atom stereocenters. The first-order chi connectivity index (χ1) is 11.7. The Hall–Kier alpha value is -2.35. The molecule has 0 aliphatic heterocycles. The minimum atomic E-state index is -0.275. The number of benzene rings is 2. The number of carbonyl (C=O) groups excluding carboxylic acids is 1. The number of esters is 1. The summed E-state index contributed by atoms with van der Waals surface area (Å²) in [4.78, 5) is 11.7. The molecule has 2 nitrogen and oxygen atoms in total. The molecule has 0 saturated heterocycles. The Labute approximate surface area is 151 Å². The third-order valence-corrected chi connectivity index (χ3v) is 4.33. The molecule has 2 heteroatoms. The molecule has 0 amide bonds. The lowest BCUT2D eigenvalue weighted by Crippen LogP contribution is -2.11. The number of hydrogen-bond donors (Lipinski definition) is 0. The van der Waals surface area contributed by atoms with Gasteiger partial charge in [-0.2, -0.15) is 0 Å². The maximum atomic E-state index is 11.7. The summed E-state index contributed by atoms with van der Waals surface area (Å²) in [5.74, 6) is -0.275. The van der Waals surface area contributed by atoms with Crippen molar-refractivity contribution >= 4 is 17.6 Å². The van der Waals surface area contributed by atoms with Gasteiger partial charge in [-0.3, -0.25) is 0 Å². The molecule has 0 aliphatic rings. The van der Waals surface area contributed by atoms with E-state index >= 15 is 0 Å². The van der Waals surface area contributed by atoms with Crippen molar-refractivity contribution in [1.29, 1.82) is 0 Å². The van der Waals surface area contributed by atoms with Gasteiger partial charge < -0.3 is 4.74 Å². The number of aryl methyl sites for hydroxylation is 1. The van der Waals surface area contributed by atoms with Crippen LogP contribution in [0.25, 0.3) is 11.6 Å². The summed E-state index contributed by atoms with van der Waals surface area (Å²) in [5, 5.41) is 0. The first kappa shape index (κ1) is 19.0. The van der Waals surface area contributed by atoms with Crippen LogP contribution in [0.4, 0.5) is 0 Å². The fraction of sp³-hybridized carbons (Fsp3) is 0.348. The lowest BCUT2D eigenvalue weighted by molar-refractivity contribution is 0.0526. The van der Waals surface area contributed by atoms with Crippen LogP contribution >= 0.6 is 0 Å². The van der Waals surface area contributed by atoms with Gasteiger partial charge in [0.05, 0.1) is 12.2 Å². The second-order valence-electron chi connectivity index (χ2n) is 7.45. The molecule has 0 aromatic heterocycles. The number of allylic oxidation sites excluding steroid dienone is 1. The highest BCUT2D eigenvalue weighted by molar-refractivity contribution is 5.90. The van der Waals surface area contributed by atoms with E-state index in [1.165, 1.54) is 22.3 Å². The Morgan fingerprint density at radius 2 is 1.72 bits per heavy atom. The van der Waals surface area contributed by atoms with Gasteiger partial charge in [-0.25, -0.2) is 4.79 Å². The molecule has 0 fully saturated rings. The van der Waals surface area contributed by atoms with Crippen LogP contribution in [0.15, 0.2) is 42.5 Å². The van der Waals surface area contributed by atoms with Crippen LogP contribution in [0.3, 0.4) is 0 Å². The van der Waals surface area contributed by atoms with Crippen molar-refractivity contribution in [1.82, 2.24) is 0 Å². The first-order valence-electron chi connectivity index (χ1n) is 8.79. The summed E-state index contributed by atoms with van der Waals surface area (Å²) in [5.41, 5.74) is 6.87. The summed E-state index contributed by atoms with van der Waals surface area (Å²) in [6.07, 6.45) is 2.16. The Morgan fingerprint density at radius 3 is 2.28 bits per heavy atom. The molecule has 0 spiro atoms. The van der Waals surface area contributed by atoms with Crippen LogP contribution in [0.2, 0.25) is 0 Å². The van der Waals surface area contributed by atoms with Crippen LogP contribution in [-0.4, -0.2) is 12.6 Å². The zero-order chi connectivity index (χ0) is 18.6. The third kappa shape index (κ3) is 4.82. The van der Waals surface area contributed by atoms with Gasteiger partial charge in [-0.1, -0.05) is 57.2 Å². The van der Waals surface area contributed by atoms with Gasteiger partial charge in [-0.05, 0) is 66.1 Å². The zero-order valence-electron chi connectivity index (χ0n) is 16.1. The molecule has 0 bridgehead atoms. The van der Waals surface area contributed by atoms with Crippen molar-refractivity contribution in [2.24, 2.45) is 0 Å². The predicted molar refractivity (Wildman–Crippen MR) is 106 cm³/mol. The van der Waals surface area contributed by atoms with Gasteiger partial charge in [0.1, 0.15) is 0 Å². The Morgan fingerprint density at radius 1 is 1.08 bits per heavy atom. The molecule has 0 unspecified atom stereocenters. The lowest BCUT2D eigenvalue weighted by Gasteiger charge is -2.21. The molecule has 25 heavy (non-hydrogen) atoms. The molecule has 2 rings (SSSR count). The normalized spacial score (nSPS) is 12.2. The maximum absolute atomic E-state index is 11.7. The average Bonchev–Trinajstić information content (AvgIpc) is 2.55.